The number of sulfonamides is 2. The Morgan fingerprint density at radius 1 is 0.525 bits per heavy atom. The molecule has 0 amide bonds. The molecule has 17 heteroatoms. The number of methoxy groups -OCH3 is 4. The molecule has 0 aliphatic carbocycles. The molecule has 0 heterocycles. The average Bonchev–Trinajstić information content (AvgIpc) is 3.23. The molecule has 0 spiro atoms. The first-order valence-corrected chi connectivity index (χ1v) is 20.1. The van der Waals surface area contributed by atoms with Crippen molar-refractivity contribution >= 4 is 32.0 Å². The maximum absolute atomic E-state index is 13.0. The van der Waals surface area contributed by atoms with Gasteiger partial charge in [0.15, 0.2) is 0 Å². The zero-order chi connectivity index (χ0) is 43.3. The number of rotatable bonds is 10. The largest absolute Gasteiger partial charge is 0.508 e. The van der Waals surface area contributed by atoms with Crippen molar-refractivity contribution in [3.8, 4) is 51.0 Å². The van der Waals surface area contributed by atoms with Gasteiger partial charge in [-0.25, -0.2) is 41.1 Å². The summed E-state index contributed by atoms with van der Waals surface area (Å²) in [5.41, 5.74) is 3.83. The Bertz CT molecular complexity index is 2640. The Labute approximate surface area is 340 Å². The standard InChI is InChI=1S/C21H19NO6S.C13H12O2.C8H8FNO4S/c1-26-17-9-6-14(7-10-17)15-4-3-5-18(12-15)28-19-11-8-16(21(23)27-2)13-20(19)29(22,24)25;1-15-13-7-5-10(6-8-13)11-3-2-4-12(14)9-11;1-14-8(11)5-2-3-6(9)7(4-5)15(10,12)13/h3-13H,1-2H3,(H2,22,24,25);2-9,14H,1H3;2-4H,1H3,(H2,10,12,13). The van der Waals surface area contributed by atoms with E-state index < -0.39 is 42.7 Å². The molecule has 6 aromatic carbocycles. The van der Waals surface area contributed by atoms with E-state index in [-0.39, 0.29) is 27.5 Å². The number of hydrogen-bond acceptors (Lipinski definition) is 12. The molecule has 0 saturated heterocycles. The summed E-state index contributed by atoms with van der Waals surface area (Å²) in [6, 6.07) is 36.2. The first-order chi connectivity index (χ1) is 28.0. The highest BCUT2D eigenvalue weighted by atomic mass is 32.2. The quantitative estimate of drug-likeness (QED) is 0.120. The number of benzene rings is 6. The van der Waals surface area contributed by atoms with E-state index in [9.17, 15) is 35.9 Å². The molecule has 59 heavy (non-hydrogen) atoms. The van der Waals surface area contributed by atoms with E-state index in [1.54, 1.807) is 44.6 Å². The number of nitrogens with two attached hydrogens (primary N) is 2. The van der Waals surface area contributed by atoms with Gasteiger partial charge in [0.25, 0.3) is 0 Å². The third-order valence-electron chi connectivity index (χ3n) is 8.08. The average molecular weight is 847 g/mol. The van der Waals surface area contributed by atoms with E-state index in [0.29, 0.717) is 5.75 Å². The van der Waals surface area contributed by atoms with Gasteiger partial charge in [-0.05, 0) is 107 Å². The summed E-state index contributed by atoms with van der Waals surface area (Å²) >= 11 is 0. The van der Waals surface area contributed by atoms with Crippen LogP contribution in [0.1, 0.15) is 20.7 Å². The van der Waals surface area contributed by atoms with Crippen molar-refractivity contribution in [2.24, 2.45) is 10.3 Å². The molecule has 14 nitrogen and oxygen atoms in total. The van der Waals surface area contributed by atoms with Gasteiger partial charge in [0.2, 0.25) is 20.0 Å². The lowest BCUT2D eigenvalue weighted by Gasteiger charge is -2.12. The number of aromatic hydroxyl groups is 1. The summed E-state index contributed by atoms with van der Waals surface area (Å²) < 4.78 is 83.8. The molecule has 0 aliphatic rings. The van der Waals surface area contributed by atoms with Crippen molar-refractivity contribution < 1.29 is 59.6 Å². The van der Waals surface area contributed by atoms with E-state index in [2.05, 4.69) is 9.47 Å². The third-order valence-corrected chi connectivity index (χ3v) is 9.94. The SMILES string of the molecule is COC(=O)c1ccc(F)c(S(N)(=O)=O)c1.COC(=O)c1ccc(Oc2cccc(-c3ccc(OC)cc3)c2)c(S(N)(=O)=O)c1.COc1ccc(-c2cccc(O)c2)cc1. The minimum atomic E-state index is -4.18. The summed E-state index contributed by atoms with van der Waals surface area (Å²) in [5.74, 6) is -0.180. The summed E-state index contributed by atoms with van der Waals surface area (Å²) in [5, 5.41) is 19.4. The van der Waals surface area contributed by atoms with Gasteiger partial charge in [0.1, 0.15) is 44.4 Å². The molecule has 6 rings (SSSR count). The first kappa shape index (κ1) is 44.9. The van der Waals surface area contributed by atoms with Crippen LogP contribution >= 0.6 is 0 Å². The highest BCUT2D eigenvalue weighted by Crippen LogP contribution is 2.32. The molecule has 0 saturated carbocycles. The van der Waals surface area contributed by atoms with Gasteiger partial charge in [0, 0.05) is 0 Å². The second-order valence-electron chi connectivity index (χ2n) is 12.0. The number of halogens is 1. The molecule has 0 bridgehead atoms. The lowest BCUT2D eigenvalue weighted by Crippen LogP contribution is -2.15. The second kappa shape index (κ2) is 20.1. The second-order valence-corrected chi connectivity index (χ2v) is 15.1. The minimum absolute atomic E-state index is 0.00651. The van der Waals surface area contributed by atoms with E-state index in [1.807, 2.05) is 66.7 Å². The van der Waals surface area contributed by atoms with Gasteiger partial charge in [-0.15, -0.1) is 0 Å². The number of phenolic OH excluding ortho intramolecular Hbond substituents is 1. The van der Waals surface area contributed by atoms with Crippen LogP contribution in [0, 0.1) is 5.82 Å². The molecule has 6 aromatic rings. The summed E-state index contributed by atoms with van der Waals surface area (Å²) in [6.07, 6.45) is 0. The predicted octanol–water partition coefficient (Wildman–Crippen LogP) is 6.92. The van der Waals surface area contributed by atoms with Crippen LogP contribution in [-0.4, -0.2) is 62.3 Å². The van der Waals surface area contributed by atoms with Crippen molar-refractivity contribution in [2.75, 3.05) is 28.4 Å². The van der Waals surface area contributed by atoms with Gasteiger partial charge in [0.05, 0.1) is 39.6 Å². The lowest BCUT2D eigenvalue weighted by molar-refractivity contribution is 0.0591. The zero-order valence-electron chi connectivity index (χ0n) is 32.0. The first-order valence-electron chi connectivity index (χ1n) is 17.0. The third kappa shape index (κ3) is 12.6. The van der Waals surface area contributed by atoms with Crippen molar-refractivity contribution in [1.29, 1.82) is 0 Å². The Kier molecular flexibility index (Phi) is 15.3. The van der Waals surface area contributed by atoms with E-state index >= 15 is 0 Å². The molecule has 0 fully saturated rings. The van der Waals surface area contributed by atoms with Crippen molar-refractivity contribution in [1.82, 2.24) is 0 Å². The van der Waals surface area contributed by atoms with Crippen LogP contribution in [0.3, 0.4) is 0 Å². The molecule has 0 aromatic heterocycles. The summed E-state index contributed by atoms with van der Waals surface area (Å²) in [4.78, 5) is 21.7. The van der Waals surface area contributed by atoms with Gasteiger partial charge < -0.3 is 28.8 Å². The molecule has 0 radical (unpaired) electrons. The number of primary sulfonamides is 2. The van der Waals surface area contributed by atoms with E-state index in [4.69, 9.17) is 24.5 Å². The zero-order valence-corrected chi connectivity index (χ0v) is 33.6. The van der Waals surface area contributed by atoms with Gasteiger partial charge >= 0.3 is 11.9 Å². The lowest BCUT2D eigenvalue weighted by atomic mass is 10.1. The molecular formula is C42H39FN2O12S2. The Hall–Kier alpha value is -6.79. The number of carbonyl (C=O) groups is 2. The Morgan fingerprint density at radius 3 is 1.44 bits per heavy atom. The van der Waals surface area contributed by atoms with Crippen LogP contribution in [0.5, 0.6) is 28.7 Å². The van der Waals surface area contributed by atoms with Crippen molar-refractivity contribution in [3.05, 3.63) is 150 Å². The maximum atomic E-state index is 13.0. The van der Waals surface area contributed by atoms with Crippen LogP contribution in [-0.2, 0) is 29.5 Å². The van der Waals surface area contributed by atoms with Crippen LogP contribution in [0.2, 0.25) is 0 Å². The fraction of sp³-hybridized carbons (Fsp3) is 0.0952. The monoisotopic (exact) mass is 846 g/mol. The normalized spacial score (nSPS) is 10.8. The Balaban J connectivity index is 0.000000215. The molecule has 5 N–H and O–H groups in total. The van der Waals surface area contributed by atoms with Gasteiger partial charge in [-0.2, -0.15) is 0 Å². The van der Waals surface area contributed by atoms with Crippen LogP contribution in [0.25, 0.3) is 22.3 Å². The van der Waals surface area contributed by atoms with Crippen LogP contribution in [0.4, 0.5) is 4.39 Å². The maximum Gasteiger partial charge on any atom is 0.337 e. The number of carbonyl (C=O) groups excluding carboxylic acids is 2. The highest BCUT2D eigenvalue weighted by molar-refractivity contribution is 7.89. The number of ether oxygens (including phenoxy) is 5. The predicted molar refractivity (Wildman–Crippen MR) is 217 cm³/mol. The number of esters is 2. The minimum Gasteiger partial charge on any atom is -0.508 e. The summed E-state index contributed by atoms with van der Waals surface area (Å²) in [6.45, 7) is 0. The molecule has 0 unspecified atom stereocenters. The molecule has 308 valence electrons. The van der Waals surface area contributed by atoms with Crippen molar-refractivity contribution in [2.45, 2.75) is 9.79 Å². The number of hydrogen-bond donors (Lipinski definition) is 3. The highest BCUT2D eigenvalue weighted by Gasteiger charge is 2.20. The van der Waals surface area contributed by atoms with Gasteiger partial charge in [-0.1, -0.05) is 48.5 Å². The van der Waals surface area contributed by atoms with Crippen LogP contribution in [0.15, 0.2) is 143 Å². The van der Waals surface area contributed by atoms with E-state index in [1.165, 1.54) is 19.2 Å². The fourth-order valence-electron chi connectivity index (χ4n) is 5.14. The molecule has 0 aliphatic heterocycles. The number of phenols is 1. The summed E-state index contributed by atoms with van der Waals surface area (Å²) in [7, 11) is -2.75. The van der Waals surface area contributed by atoms with Crippen LogP contribution < -0.4 is 24.5 Å². The van der Waals surface area contributed by atoms with Gasteiger partial charge in [-0.3, -0.25) is 0 Å². The molecular weight excluding hydrogens is 808 g/mol. The fourth-order valence-corrected chi connectivity index (χ4v) is 6.46. The smallest absolute Gasteiger partial charge is 0.337 e. The Morgan fingerprint density at radius 2 is 0.983 bits per heavy atom. The van der Waals surface area contributed by atoms with E-state index in [0.717, 1.165) is 65.1 Å². The van der Waals surface area contributed by atoms with Crippen molar-refractivity contribution in [3.63, 3.8) is 0 Å². The molecule has 0 atom stereocenters. The topological polar surface area (TPSA) is 221 Å².